The molecule has 0 aliphatic carbocycles. The molecule has 0 saturated heterocycles. The third-order valence-electron chi connectivity index (χ3n) is 3.46. The monoisotopic (exact) mass is 282 g/mol. The number of anilines is 2. The van der Waals surface area contributed by atoms with Crippen molar-refractivity contribution in [3.8, 4) is 0 Å². The van der Waals surface area contributed by atoms with Gasteiger partial charge in [0.15, 0.2) is 0 Å². The highest BCUT2D eigenvalue weighted by Gasteiger charge is 2.08. The van der Waals surface area contributed by atoms with Gasteiger partial charge in [0.05, 0.1) is 0 Å². The van der Waals surface area contributed by atoms with E-state index in [-0.39, 0.29) is 5.91 Å². The molecule has 0 unspecified atom stereocenters. The summed E-state index contributed by atoms with van der Waals surface area (Å²) in [4.78, 5) is 12.1. The van der Waals surface area contributed by atoms with E-state index in [1.165, 1.54) is 5.56 Å². The van der Waals surface area contributed by atoms with Crippen molar-refractivity contribution in [3.05, 3.63) is 59.7 Å². The standard InChI is InChI=1S/C18H22N2O/c1-3-15-9-7-8-14(2)18(15)20-17(21)12-13-19-16-10-5-4-6-11-16/h4-11,19H,3,12-13H2,1-2H3,(H,20,21). The molecule has 110 valence electrons. The second kappa shape index (κ2) is 7.48. The van der Waals surface area contributed by atoms with Crippen molar-refractivity contribution in [2.24, 2.45) is 0 Å². The first-order valence-electron chi connectivity index (χ1n) is 7.38. The molecule has 2 aromatic rings. The van der Waals surface area contributed by atoms with Crippen LogP contribution < -0.4 is 10.6 Å². The van der Waals surface area contributed by atoms with Gasteiger partial charge in [-0.3, -0.25) is 4.79 Å². The van der Waals surface area contributed by atoms with Crippen molar-refractivity contribution in [2.45, 2.75) is 26.7 Å². The topological polar surface area (TPSA) is 41.1 Å². The van der Waals surface area contributed by atoms with Crippen LogP contribution in [-0.2, 0) is 11.2 Å². The average molecular weight is 282 g/mol. The Morgan fingerprint density at radius 1 is 1.05 bits per heavy atom. The van der Waals surface area contributed by atoms with Gasteiger partial charge >= 0.3 is 0 Å². The van der Waals surface area contributed by atoms with Crippen molar-refractivity contribution >= 4 is 17.3 Å². The van der Waals surface area contributed by atoms with Gasteiger partial charge < -0.3 is 10.6 Å². The molecule has 0 atom stereocenters. The third kappa shape index (κ3) is 4.35. The zero-order valence-electron chi connectivity index (χ0n) is 12.6. The lowest BCUT2D eigenvalue weighted by Gasteiger charge is -2.13. The van der Waals surface area contributed by atoms with E-state index in [1.807, 2.05) is 49.4 Å². The minimum atomic E-state index is 0.0439. The van der Waals surface area contributed by atoms with Crippen LogP contribution in [0.2, 0.25) is 0 Å². The number of hydrogen-bond acceptors (Lipinski definition) is 2. The molecule has 2 rings (SSSR count). The van der Waals surface area contributed by atoms with Crippen molar-refractivity contribution in [1.82, 2.24) is 0 Å². The molecule has 0 radical (unpaired) electrons. The Balaban J connectivity index is 1.88. The van der Waals surface area contributed by atoms with Crippen LogP contribution in [0.5, 0.6) is 0 Å². The predicted molar refractivity (Wildman–Crippen MR) is 88.7 cm³/mol. The summed E-state index contributed by atoms with van der Waals surface area (Å²) in [6.07, 6.45) is 1.37. The highest BCUT2D eigenvalue weighted by molar-refractivity contribution is 5.92. The Kier molecular flexibility index (Phi) is 5.38. The van der Waals surface area contributed by atoms with Crippen molar-refractivity contribution < 1.29 is 4.79 Å². The maximum Gasteiger partial charge on any atom is 0.226 e. The SMILES string of the molecule is CCc1cccc(C)c1NC(=O)CCNc1ccccc1. The summed E-state index contributed by atoms with van der Waals surface area (Å²) in [7, 11) is 0. The minimum absolute atomic E-state index is 0.0439. The molecular weight excluding hydrogens is 260 g/mol. The number of carbonyl (C=O) groups is 1. The van der Waals surface area contributed by atoms with Gasteiger partial charge in [-0.05, 0) is 36.6 Å². The maximum atomic E-state index is 12.1. The first-order chi connectivity index (χ1) is 10.2. The average Bonchev–Trinajstić information content (AvgIpc) is 2.50. The van der Waals surface area contributed by atoms with E-state index in [9.17, 15) is 4.79 Å². The van der Waals surface area contributed by atoms with E-state index in [0.29, 0.717) is 13.0 Å². The van der Waals surface area contributed by atoms with Crippen molar-refractivity contribution in [3.63, 3.8) is 0 Å². The molecule has 0 spiro atoms. The smallest absolute Gasteiger partial charge is 0.226 e. The van der Waals surface area contributed by atoms with E-state index in [4.69, 9.17) is 0 Å². The summed E-state index contributed by atoms with van der Waals surface area (Å²) in [5.41, 5.74) is 4.29. The number of nitrogens with one attached hydrogen (secondary N) is 2. The van der Waals surface area contributed by atoms with Gasteiger partial charge in [0.2, 0.25) is 5.91 Å². The van der Waals surface area contributed by atoms with Crippen molar-refractivity contribution in [1.29, 1.82) is 0 Å². The molecule has 2 aromatic carbocycles. The number of amides is 1. The lowest BCUT2D eigenvalue weighted by Crippen LogP contribution is -2.17. The zero-order valence-corrected chi connectivity index (χ0v) is 12.6. The fourth-order valence-electron chi connectivity index (χ4n) is 2.28. The van der Waals surface area contributed by atoms with Crippen LogP contribution in [0.25, 0.3) is 0 Å². The second-order valence-electron chi connectivity index (χ2n) is 5.05. The van der Waals surface area contributed by atoms with Gasteiger partial charge in [0.25, 0.3) is 0 Å². The lowest BCUT2D eigenvalue weighted by atomic mass is 10.1. The fraction of sp³-hybridized carbons (Fsp3) is 0.278. The molecule has 0 aromatic heterocycles. The van der Waals surface area contributed by atoms with Crippen LogP contribution in [0.3, 0.4) is 0 Å². The van der Waals surface area contributed by atoms with Crippen molar-refractivity contribution in [2.75, 3.05) is 17.2 Å². The number of rotatable bonds is 6. The molecular formula is C18H22N2O. The third-order valence-corrected chi connectivity index (χ3v) is 3.46. The van der Waals surface area contributed by atoms with E-state index in [1.54, 1.807) is 0 Å². The Hall–Kier alpha value is -2.29. The molecule has 2 N–H and O–H groups in total. The number of para-hydroxylation sites is 2. The summed E-state index contributed by atoms with van der Waals surface area (Å²) < 4.78 is 0. The molecule has 1 amide bonds. The van der Waals surface area contributed by atoms with Gasteiger partial charge in [-0.15, -0.1) is 0 Å². The molecule has 0 aliphatic rings. The Bertz CT molecular complexity index is 593. The summed E-state index contributed by atoms with van der Waals surface area (Å²) in [6.45, 7) is 4.75. The molecule has 3 heteroatoms. The number of carbonyl (C=O) groups excluding carboxylic acids is 1. The first kappa shape index (κ1) is 15.1. The number of benzene rings is 2. The van der Waals surface area contributed by atoms with Gasteiger partial charge in [0.1, 0.15) is 0 Å². The summed E-state index contributed by atoms with van der Waals surface area (Å²) in [6, 6.07) is 16.0. The number of aryl methyl sites for hydroxylation is 2. The van der Waals surface area contributed by atoms with E-state index in [2.05, 4.69) is 23.6 Å². The van der Waals surface area contributed by atoms with E-state index < -0.39 is 0 Å². The van der Waals surface area contributed by atoms with Crippen LogP contribution in [0.4, 0.5) is 11.4 Å². The fourth-order valence-corrected chi connectivity index (χ4v) is 2.28. The predicted octanol–water partition coefficient (Wildman–Crippen LogP) is 4.00. The van der Waals surface area contributed by atoms with Gasteiger partial charge in [0, 0.05) is 24.3 Å². The highest BCUT2D eigenvalue weighted by Crippen LogP contribution is 2.21. The summed E-state index contributed by atoms with van der Waals surface area (Å²) >= 11 is 0. The second-order valence-corrected chi connectivity index (χ2v) is 5.05. The Morgan fingerprint density at radius 3 is 2.52 bits per heavy atom. The first-order valence-corrected chi connectivity index (χ1v) is 7.38. The quantitative estimate of drug-likeness (QED) is 0.841. The van der Waals surface area contributed by atoms with E-state index >= 15 is 0 Å². The largest absolute Gasteiger partial charge is 0.385 e. The molecule has 21 heavy (non-hydrogen) atoms. The molecule has 0 saturated carbocycles. The summed E-state index contributed by atoms with van der Waals surface area (Å²) in [5, 5.41) is 6.28. The molecule has 0 bridgehead atoms. The van der Waals surface area contributed by atoms with Gasteiger partial charge in [-0.1, -0.05) is 43.3 Å². The summed E-state index contributed by atoms with van der Waals surface area (Å²) in [5.74, 6) is 0.0439. The van der Waals surface area contributed by atoms with Crippen LogP contribution >= 0.6 is 0 Å². The molecule has 0 fully saturated rings. The highest BCUT2D eigenvalue weighted by atomic mass is 16.1. The molecule has 3 nitrogen and oxygen atoms in total. The zero-order chi connectivity index (χ0) is 15.1. The Morgan fingerprint density at radius 2 is 1.81 bits per heavy atom. The van der Waals surface area contributed by atoms with Crippen LogP contribution in [0.1, 0.15) is 24.5 Å². The molecule has 0 heterocycles. The van der Waals surface area contributed by atoms with Crippen LogP contribution in [0, 0.1) is 6.92 Å². The van der Waals surface area contributed by atoms with Crippen LogP contribution in [-0.4, -0.2) is 12.5 Å². The van der Waals surface area contributed by atoms with Crippen LogP contribution in [0.15, 0.2) is 48.5 Å². The molecule has 0 aliphatic heterocycles. The Labute approximate surface area is 126 Å². The van der Waals surface area contributed by atoms with Gasteiger partial charge in [-0.2, -0.15) is 0 Å². The lowest BCUT2D eigenvalue weighted by molar-refractivity contribution is -0.115. The number of hydrogen-bond donors (Lipinski definition) is 2. The normalized spacial score (nSPS) is 10.2. The van der Waals surface area contributed by atoms with E-state index in [0.717, 1.165) is 23.4 Å². The minimum Gasteiger partial charge on any atom is -0.385 e. The van der Waals surface area contributed by atoms with Gasteiger partial charge in [-0.25, -0.2) is 0 Å². The maximum absolute atomic E-state index is 12.1.